The summed E-state index contributed by atoms with van der Waals surface area (Å²) in [5, 5.41) is 10.2. The van der Waals surface area contributed by atoms with Gasteiger partial charge in [-0.1, -0.05) is 23.7 Å². The lowest BCUT2D eigenvalue weighted by Crippen LogP contribution is -2.35. The van der Waals surface area contributed by atoms with Crippen LogP contribution in [0.2, 0.25) is 5.02 Å². The van der Waals surface area contributed by atoms with Crippen LogP contribution in [0.25, 0.3) is 11.3 Å². The van der Waals surface area contributed by atoms with Crippen molar-refractivity contribution in [3.63, 3.8) is 0 Å². The average Bonchev–Trinajstić information content (AvgIpc) is 3.18. The zero-order chi connectivity index (χ0) is 20.1. The molecule has 0 spiro atoms. The number of rotatable bonds is 6. The molecule has 28 heavy (non-hydrogen) atoms. The van der Waals surface area contributed by atoms with E-state index in [1.807, 2.05) is 12.1 Å². The van der Waals surface area contributed by atoms with Gasteiger partial charge in [0.05, 0.1) is 19.3 Å². The highest BCUT2D eigenvalue weighted by Gasteiger charge is 2.18. The molecule has 0 aliphatic heterocycles. The normalized spacial score (nSPS) is 10.4. The molecule has 1 aromatic heterocycles. The fourth-order valence-corrected chi connectivity index (χ4v) is 2.69. The summed E-state index contributed by atoms with van der Waals surface area (Å²) in [5.74, 6) is 0.0529. The van der Waals surface area contributed by atoms with Crippen molar-refractivity contribution >= 4 is 29.1 Å². The molecule has 0 saturated heterocycles. The molecule has 3 aromatic rings. The molecule has 0 bridgehead atoms. The minimum absolute atomic E-state index is 0.0971. The Labute approximate surface area is 167 Å². The largest absolute Gasteiger partial charge is 0.497 e. The molecule has 1 heterocycles. The van der Waals surface area contributed by atoms with E-state index in [1.165, 1.54) is 4.90 Å². The fourth-order valence-electron chi connectivity index (χ4n) is 2.57. The van der Waals surface area contributed by atoms with Gasteiger partial charge < -0.3 is 15.0 Å². The van der Waals surface area contributed by atoms with Gasteiger partial charge in [-0.15, -0.1) is 0 Å². The highest BCUT2D eigenvalue weighted by atomic mass is 35.5. The van der Waals surface area contributed by atoms with Crippen LogP contribution < -0.4 is 10.1 Å². The summed E-state index contributed by atoms with van der Waals surface area (Å²) in [6, 6.07) is 15.7. The second kappa shape index (κ2) is 8.58. The quantitative estimate of drug-likeness (QED) is 0.665. The van der Waals surface area contributed by atoms with Crippen LogP contribution in [-0.2, 0) is 4.79 Å². The van der Waals surface area contributed by atoms with Gasteiger partial charge in [0.1, 0.15) is 11.4 Å². The van der Waals surface area contributed by atoms with Crippen LogP contribution in [0.1, 0.15) is 10.5 Å². The van der Waals surface area contributed by atoms with Crippen LogP contribution in [0.5, 0.6) is 5.75 Å². The van der Waals surface area contributed by atoms with Gasteiger partial charge in [0.25, 0.3) is 5.91 Å². The predicted molar refractivity (Wildman–Crippen MR) is 108 cm³/mol. The van der Waals surface area contributed by atoms with E-state index in [1.54, 1.807) is 56.6 Å². The molecule has 8 heteroatoms. The van der Waals surface area contributed by atoms with Crippen molar-refractivity contribution < 1.29 is 14.3 Å². The topological polar surface area (TPSA) is 87.3 Å². The fraction of sp³-hybridized carbons (Fsp3) is 0.150. The number of ether oxygens (including phenoxy) is 1. The molecule has 0 saturated carbocycles. The lowest BCUT2D eigenvalue weighted by molar-refractivity contribution is -0.116. The second-order valence-electron chi connectivity index (χ2n) is 6.11. The lowest BCUT2D eigenvalue weighted by atomic mass is 10.1. The number of H-pyrrole nitrogens is 1. The Morgan fingerprint density at radius 3 is 2.46 bits per heavy atom. The number of aromatic amines is 1. The van der Waals surface area contributed by atoms with Crippen LogP contribution in [-0.4, -0.2) is 47.6 Å². The van der Waals surface area contributed by atoms with Gasteiger partial charge >= 0.3 is 0 Å². The highest BCUT2D eigenvalue weighted by molar-refractivity contribution is 6.30. The zero-order valence-electron chi connectivity index (χ0n) is 15.4. The van der Waals surface area contributed by atoms with E-state index in [2.05, 4.69) is 15.5 Å². The number of nitrogens with zero attached hydrogens (tertiary/aromatic N) is 2. The maximum absolute atomic E-state index is 12.6. The van der Waals surface area contributed by atoms with E-state index in [9.17, 15) is 9.59 Å². The number of halogens is 1. The van der Waals surface area contributed by atoms with Gasteiger partial charge in [0.15, 0.2) is 0 Å². The number of aromatic nitrogens is 2. The molecule has 7 nitrogen and oxygen atoms in total. The minimum atomic E-state index is -0.336. The molecule has 0 unspecified atom stereocenters. The highest BCUT2D eigenvalue weighted by Crippen LogP contribution is 2.20. The molecule has 0 aliphatic rings. The van der Waals surface area contributed by atoms with E-state index in [0.29, 0.717) is 27.8 Å². The first-order valence-corrected chi connectivity index (χ1v) is 8.85. The van der Waals surface area contributed by atoms with Gasteiger partial charge in [-0.3, -0.25) is 14.7 Å². The summed E-state index contributed by atoms with van der Waals surface area (Å²) < 4.78 is 5.08. The van der Waals surface area contributed by atoms with E-state index < -0.39 is 0 Å². The number of likely N-dealkylation sites (N-methyl/N-ethyl adjacent to an activating group) is 1. The lowest BCUT2D eigenvalue weighted by Gasteiger charge is -2.15. The number of amides is 2. The third-order valence-electron chi connectivity index (χ3n) is 4.05. The Morgan fingerprint density at radius 2 is 1.82 bits per heavy atom. The van der Waals surface area contributed by atoms with Crippen molar-refractivity contribution in [2.75, 3.05) is 26.0 Å². The Kier molecular flexibility index (Phi) is 5.96. The molecular weight excluding hydrogens is 380 g/mol. The summed E-state index contributed by atoms with van der Waals surface area (Å²) in [6.07, 6.45) is 0. The SMILES string of the molecule is COc1ccc(NC(=O)CN(C)C(=O)c2cc(-c3ccc(Cl)cc3)n[nH]2)cc1. The van der Waals surface area contributed by atoms with Crippen molar-refractivity contribution in [2.24, 2.45) is 0 Å². The summed E-state index contributed by atoms with van der Waals surface area (Å²) in [6.45, 7) is -0.0971. The Bertz CT molecular complexity index is 968. The van der Waals surface area contributed by atoms with Crippen molar-refractivity contribution in [1.29, 1.82) is 0 Å². The van der Waals surface area contributed by atoms with E-state index in [4.69, 9.17) is 16.3 Å². The number of benzene rings is 2. The van der Waals surface area contributed by atoms with Crippen molar-refractivity contribution in [3.8, 4) is 17.0 Å². The van der Waals surface area contributed by atoms with Gasteiger partial charge in [-0.25, -0.2) is 0 Å². The van der Waals surface area contributed by atoms with Crippen LogP contribution in [0, 0.1) is 0 Å². The molecule has 0 radical (unpaired) electrons. The van der Waals surface area contributed by atoms with E-state index in [0.717, 1.165) is 5.56 Å². The maximum Gasteiger partial charge on any atom is 0.272 e. The molecule has 2 aromatic carbocycles. The summed E-state index contributed by atoms with van der Waals surface area (Å²) in [7, 11) is 3.13. The first-order valence-electron chi connectivity index (χ1n) is 8.47. The van der Waals surface area contributed by atoms with Gasteiger partial charge in [-0.2, -0.15) is 5.10 Å². The van der Waals surface area contributed by atoms with Crippen LogP contribution >= 0.6 is 11.6 Å². The summed E-state index contributed by atoms with van der Waals surface area (Å²) in [5.41, 5.74) is 2.37. The van der Waals surface area contributed by atoms with Crippen molar-refractivity contribution in [2.45, 2.75) is 0 Å². The van der Waals surface area contributed by atoms with Gasteiger partial charge in [-0.05, 0) is 42.5 Å². The van der Waals surface area contributed by atoms with Gasteiger partial charge in [0.2, 0.25) is 5.91 Å². The molecule has 0 atom stereocenters. The van der Waals surface area contributed by atoms with Crippen molar-refractivity contribution in [1.82, 2.24) is 15.1 Å². The number of methoxy groups -OCH3 is 1. The molecule has 0 fully saturated rings. The monoisotopic (exact) mass is 398 g/mol. The van der Waals surface area contributed by atoms with Crippen molar-refractivity contribution in [3.05, 3.63) is 65.3 Å². The summed E-state index contributed by atoms with van der Waals surface area (Å²) in [4.78, 5) is 26.1. The third-order valence-corrected chi connectivity index (χ3v) is 4.30. The number of nitrogens with one attached hydrogen (secondary N) is 2. The standard InChI is InChI=1S/C20H19ClN4O3/c1-25(12-19(26)22-15-7-9-16(28-2)10-8-15)20(27)18-11-17(23-24-18)13-3-5-14(21)6-4-13/h3-11H,12H2,1-2H3,(H,22,26)(H,23,24). The van der Waals surface area contributed by atoms with Crippen LogP contribution in [0.4, 0.5) is 5.69 Å². The third kappa shape index (κ3) is 4.69. The minimum Gasteiger partial charge on any atom is -0.497 e. The number of hydrogen-bond donors (Lipinski definition) is 2. The summed E-state index contributed by atoms with van der Waals surface area (Å²) >= 11 is 5.88. The zero-order valence-corrected chi connectivity index (χ0v) is 16.2. The first-order chi connectivity index (χ1) is 13.5. The number of anilines is 1. The molecule has 3 rings (SSSR count). The Morgan fingerprint density at radius 1 is 1.14 bits per heavy atom. The average molecular weight is 399 g/mol. The van der Waals surface area contributed by atoms with Gasteiger partial charge in [0, 0.05) is 23.3 Å². The Balaban J connectivity index is 1.60. The number of carbonyl (C=O) groups excluding carboxylic acids is 2. The smallest absolute Gasteiger partial charge is 0.272 e. The number of hydrogen-bond acceptors (Lipinski definition) is 4. The predicted octanol–water partition coefficient (Wildman–Crippen LogP) is 3.45. The van der Waals surface area contributed by atoms with E-state index in [-0.39, 0.29) is 18.4 Å². The molecule has 2 N–H and O–H groups in total. The maximum atomic E-state index is 12.6. The Hall–Kier alpha value is -3.32. The molecular formula is C20H19ClN4O3. The first kappa shape index (κ1) is 19.4. The van der Waals surface area contributed by atoms with Crippen LogP contribution in [0.15, 0.2) is 54.6 Å². The molecule has 144 valence electrons. The molecule has 2 amide bonds. The molecule has 0 aliphatic carbocycles. The second-order valence-corrected chi connectivity index (χ2v) is 6.55. The number of carbonyl (C=O) groups is 2. The van der Waals surface area contributed by atoms with E-state index >= 15 is 0 Å². The van der Waals surface area contributed by atoms with Crippen LogP contribution in [0.3, 0.4) is 0 Å².